The monoisotopic (exact) mass is 354 g/mol. The fourth-order valence-corrected chi connectivity index (χ4v) is 2.20. The minimum Gasteiger partial charge on any atom is -0.455 e. The summed E-state index contributed by atoms with van der Waals surface area (Å²) in [5.41, 5.74) is 0.204. The summed E-state index contributed by atoms with van der Waals surface area (Å²) in [5, 5.41) is 5.71. The zero-order chi connectivity index (χ0) is 19.0. The Bertz CT molecular complexity index is 736. The van der Waals surface area contributed by atoms with Crippen LogP contribution in [0, 0.1) is 5.41 Å². The molecular weight excluding hydrogens is 328 g/mol. The molecule has 0 fully saturated rings. The largest absolute Gasteiger partial charge is 0.455 e. The minimum atomic E-state index is -0.421. The predicted octanol–water partition coefficient (Wildman–Crippen LogP) is 4.36. The van der Waals surface area contributed by atoms with E-state index in [0.29, 0.717) is 36.6 Å². The maximum absolute atomic E-state index is 12.2. The van der Waals surface area contributed by atoms with E-state index in [9.17, 15) is 9.59 Å². The van der Waals surface area contributed by atoms with Crippen LogP contribution in [0.5, 0.6) is 11.5 Å². The molecule has 0 spiro atoms. The average Bonchev–Trinajstić information content (AvgIpc) is 2.60. The number of carbonyl (C=O) groups is 2. The lowest BCUT2D eigenvalue weighted by atomic mass is 9.96. The summed E-state index contributed by atoms with van der Waals surface area (Å²) in [6.45, 7) is 6.06. The Morgan fingerprint density at radius 3 is 2.31 bits per heavy atom. The number of anilines is 1. The van der Waals surface area contributed by atoms with Crippen LogP contribution in [-0.2, 0) is 9.59 Å². The smallest absolute Gasteiger partial charge is 0.225 e. The van der Waals surface area contributed by atoms with Crippen LogP contribution in [0.25, 0.3) is 0 Å². The van der Waals surface area contributed by atoms with Crippen molar-refractivity contribution in [2.24, 2.45) is 5.41 Å². The van der Waals surface area contributed by atoms with Crippen molar-refractivity contribution < 1.29 is 14.3 Å². The molecule has 0 heterocycles. The first-order chi connectivity index (χ1) is 12.4. The highest BCUT2D eigenvalue weighted by Crippen LogP contribution is 2.29. The van der Waals surface area contributed by atoms with Crippen molar-refractivity contribution in [2.45, 2.75) is 33.6 Å². The molecule has 2 aromatic rings. The summed E-state index contributed by atoms with van der Waals surface area (Å²) in [7, 11) is 0. The van der Waals surface area contributed by atoms with E-state index in [2.05, 4.69) is 10.6 Å². The normalized spacial score (nSPS) is 10.9. The molecule has 2 rings (SSSR count). The standard InChI is InChI=1S/C21H26N2O3/c1-21(2,3)20(25)22-15-9-14-19(24)23-17-12-7-8-13-18(17)26-16-10-5-4-6-11-16/h4-8,10-13H,9,14-15H2,1-3H3,(H,22,25)(H,23,24). The number of nitrogens with one attached hydrogen (secondary N) is 2. The molecule has 0 aliphatic heterocycles. The topological polar surface area (TPSA) is 67.4 Å². The van der Waals surface area contributed by atoms with Crippen molar-refractivity contribution in [3.63, 3.8) is 0 Å². The predicted molar refractivity (Wildman–Crippen MR) is 103 cm³/mol. The lowest BCUT2D eigenvalue weighted by Gasteiger charge is -2.17. The molecule has 0 radical (unpaired) electrons. The second kappa shape index (κ2) is 9.04. The second-order valence-electron chi connectivity index (χ2n) is 7.07. The number of rotatable bonds is 7. The Hall–Kier alpha value is -2.82. The molecule has 0 atom stereocenters. The number of amides is 2. The van der Waals surface area contributed by atoms with Crippen LogP contribution in [0.15, 0.2) is 54.6 Å². The number of benzene rings is 2. The summed E-state index contributed by atoms with van der Waals surface area (Å²) < 4.78 is 5.83. The molecule has 0 unspecified atom stereocenters. The van der Waals surface area contributed by atoms with Gasteiger partial charge in [0.2, 0.25) is 11.8 Å². The lowest BCUT2D eigenvalue weighted by Crippen LogP contribution is -2.35. The van der Waals surface area contributed by atoms with Crippen molar-refractivity contribution in [1.29, 1.82) is 0 Å². The van der Waals surface area contributed by atoms with E-state index < -0.39 is 5.41 Å². The van der Waals surface area contributed by atoms with E-state index in [1.165, 1.54) is 0 Å². The summed E-state index contributed by atoms with van der Waals surface area (Å²) in [6.07, 6.45) is 0.902. The van der Waals surface area contributed by atoms with Crippen LogP contribution in [0.2, 0.25) is 0 Å². The van der Waals surface area contributed by atoms with Gasteiger partial charge in [-0.25, -0.2) is 0 Å². The fraction of sp³-hybridized carbons (Fsp3) is 0.333. The Labute approximate surface area is 154 Å². The molecule has 2 aromatic carbocycles. The second-order valence-corrected chi connectivity index (χ2v) is 7.07. The average molecular weight is 354 g/mol. The van der Waals surface area contributed by atoms with Gasteiger partial charge in [0.1, 0.15) is 5.75 Å². The van der Waals surface area contributed by atoms with Gasteiger partial charge in [0.15, 0.2) is 5.75 Å². The Morgan fingerprint density at radius 1 is 0.962 bits per heavy atom. The first-order valence-corrected chi connectivity index (χ1v) is 8.76. The summed E-state index contributed by atoms with van der Waals surface area (Å²) in [4.78, 5) is 24.0. The van der Waals surface area contributed by atoms with Crippen molar-refractivity contribution in [3.8, 4) is 11.5 Å². The molecule has 5 nitrogen and oxygen atoms in total. The minimum absolute atomic E-state index is 0.0143. The van der Waals surface area contributed by atoms with Crippen molar-refractivity contribution >= 4 is 17.5 Å². The molecule has 0 bridgehead atoms. The number of hydrogen-bond donors (Lipinski definition) is 2. The van der Waals surface area contributed by atoms with Gasteiger partial charge in [-0.15, -0.1) is 0 Å². The van der Waals surface area contributed by atoms with Crippen molar-refractivity contribution in [1.82, 2.24) is 5.32 Å². The molecule has 0 aliphatic carbocycles. The first-order valence-electron chi connectivity index (χ1n) is 8.76. The third-order valence-electron chi connectivity index (χ3n) is 3.68. The van der Waals surface area contributed by atoms with Gasteiger partial charge in [0, 0.05) is 18.4 Å². The lowest BCUT2D eigenvalue weighted by molar-refractivity contribution is -0.128. The van der Waals surface area contributed by atoms with Crippen molar-refractivity contribution in [3.05, 3.63) is 54.6 Å². The quantitative estimate of drug-likeness (QED) is 0.726. The zero-order valence-electron chi connectivity index (χ0n) is 15.5. The van der Waals surface area contributed by atoms with E-state index in [1.54, 1.807) is 6.07 Å². The van der Waals surface area contributed by atoms with Crippen LogP contribution >= 0.6 is 0 Å². The van der Waals surface area contributed by atoms with Gasteiger partial charge in [-0.05, 0) is 30.7 Å². The molecule has 0 saturated heterocycles. The van der Waals surface area contributed by atoms with Gasteiger partial charge >= 0.3 is 0 Å². The molecule has 2 amide bonds. The van der Waals surface area contributed by atoms with Gasteiger partial charge in [-0.2, -0.15) is 0 Å². The van der Waals surface area contributed by atoms with Crippen LogP contribution in [-0.4, -0.2) is 18.4 Å². The van der Waals surface area contributed by atoms with Crippen LogP contribution < -0.4 is 15.4 Å². The number of ether oxygens (including phenoxy) is 1. The van der Waals surface area contributed by atoms with Crippen LogP contribution in [0.3, 0.4) is 0 Å². The number of hydrogen-bond acceptors (Lipinski definition) is 3. The summed E-state index contributed by atoms with van der Waals surface area (Å²) >= 11 is 0. The SMILES string of the molecule is CC(C)(C)C(=O)NCCCC(=O)Nc1ccccc1Oc1ccccc1. The maximum atomic E-state index is 12.2. The molecule has 0 aliphatic rings. The molecule has 0 aromatic heterocycles. The zero-order valence-corrected chi connectivity index (χ0v) is 15.5. The molecule has 0 saturated carbocycles. The van der Waals surface area contributed by atoms with Gasteiger partial charge in [0.05, 0.1) is 5.69 Å². The molecular formula is C21H26N2O3. The fourth-order valence-electron chi connectivity index (χ4n) is 2.20. The van der Waals surface area contributed by atoms with E-state index >= 15 is 0 Å². The Kier molecular flexibility index (Phi) is 6.78. The highest BCUT2D eigenvalue weighted by Gasteiger charge is 2.20. The summed E-state index contributed by atoms with van der Waals surface area (Å²) in [6, 6.07) is 16.7. The van der Waals surface area contributed by atoms with Gasteiger partial charge in [-0.3, -0.25) is 9.59 Å². The Morgan fingerprint density at radius 2 is 1.62 bits per heavy atom. The van der Waals surface area contributed by atoms with E-state index in [1.807, 2.05) is 69.3 Å². The first kappa shape index (κ1) is 19.5. The summed E-state index contributed by atoms with van der Waals surface area (Å²) in [5.74, 6) is 1.17. The maximum Gasteiger partial charge on any atom is 0.225 e. The number of carbonyl (C=O) groups excluding carboxylic acids is 2. The van der Waals surface area contributed by atoms with Crippen LogP contribution in [0.4, 0.5) is 5.69 Å². The molecule has 2 N–H and O–H groups in total. The highest BCUT2D eigenvalue weighted by molar-refractivity contribution is 5.92. The van der Waals surface area contributed by atoms with Gasteiger partial charge < -0.3 is 15.4 Å². The van der Waals surface area contributed by atoms with Gasteiger partial charge in [-0.1, -0.05) is 51.1 Å². The van der Waals surface area contributed by atoms with Crippen molar-refractivity contribution in [2.75, 3.05) is 11.9 Å². The highest BCUT2D eigenvalue weighted by atomic mass is 16.5. The van der Waals surface area contributed by atoms with E-state index in [0.717, 1.165) is 0 Å². The number of para-hydroxylation sites is 3. The van der Waals surface area contributed by atoms with Crippen LogP contribution in [0.1, 0.15) is 33.6 Å². The molecule has 138 valence electrons. The van der Waals surface area contributed by atoms with E-state index in [4.69, 9.17) is 4.74 Å². The molecule has 5 heteroatoms. The van der Waals surface area contributed by atoms with Gasteiger partial charge in [0.25, 0.3) is 0 Å². The third kappa shape index (κ3) is 6.24. The molecule has 26 heavy (non-hydrogen) atoms. The van der Waals surface area contributed by atoms with E-state index in [-0.39, 0.29) is 11.8 Å². The Balaban J connectivity index is 1.85. The third-order valence-corrected chi connectivity index (χ3v) is 3.68.